The van der Waals surface area contributed by atoms with Gasteiger partial charge in [0.05, 0.1) is 17.5 Å². The number of halogens is 1. The van der Waals surface area contributed by atoms with Crippen molar-refractivity contribution in [1.82, 2.24) is 20.3 Å². The Morgan fingerprint density at radius 1 is 1.43 bits per heavy atom. The lowest BCUT2D eigenvalue weighted by Gasteiger charge is -2.05. The van der Waals surface area contributed by atoms with Crippen LogP contribution < -0.4 is 11.1 Å². The van der Waals surface area contributed by atoms with Crippen LogP contribution in [-0.4, -0.2) is 26.8 Å². The largest absolute Gasteiger partial charge is 0.323 e. The number of imide groups is 1. The summed E-state index contributed by atoms with van der Waals surface area (Å²) in [5.74, 6) is -0.947. The molecule has 0 spiro atoms. The zero-order valence-corrected chi connectivity index (χ0v) is 12.9. The highest BCUT2D eigenvalue weighted by atomic mass is 79.9. The number of carbonyl (C=O) groups is 2. The Bertz CT molecular complexity index is 668. The Balaban J connectivity index is 1.98. The van der Waals surface area contributed by atoms with E-state index in [1.54, 1.807) is 37.4 Å². The minimum atomic E-state index is -0.475. The van der Waals surface area contributed by atoms with E-state index in [2.05, 4.69) is 31.6 Å². The molecule has 7 nitrogen and oxygen atoms in total. The number of hydrogen-bond acceptors (Lipinski definition) is 5. The summed E-state index contributed by atoms with van der Waals surface area (Å²) in [5, 5.41) is 9.91. The average Bonchev–Trinajstić information content (AvgIpc) is 2.87. The Morgan fingerprint density at radius 2 is 2.14 bits per heavy atom. The van der Waals surface area contributed by atoms with E-state index in [4.69, 9.17) is 5.73 Å². The molecule has 1 atom stereocenters. The summed E-state index contributed by atoms with van der Waals surface area (Å²) >= 11 is 3.26. The maximum Gasteiger partial charge on any atom is 0.259 e. The van der Waals surface area contributed by atoms with Crippen molar-refractivity contribution in [3.63, 3.8) is 0 Å². The van der Waals surface area contributed by atoms with Crippen molar-refractivity contribution in [3.05, 3.63) is 46.2 Å². The van der Waals surface area contributed by atoms with Crippen molar-refractivity contribution in [2.24, 2.45) is 5.73 Å². The van der Waals surface area contributed by atoms with E-state index in [9.17, 15) is 9.59 Å². The molecule has 0 radical (unpaired) electrons. The average molecular weight is 352 g/mol. The van der Waals surface area contributed by atoms with Crippen molar-refractivity contribution < 1.29 is 9.59 Å². The van der Waals surface area contributed by atoms with E-state index in [0.29, 0.717) is 15.7 Å². The van der Waals surface area contributed by atoms with Crippen LogP contribution in [-0.2, 0) is 11.3 Å². The molecule has 1 aromatic carbocycles. The summed E-state index contributed by atoms with van der Waals surface area (Å²) in [6.45, 7) is 1.67. The van der Waals surface area contributed by atoms with Gasteiger partial charge in [-0.3, -0.25) is 14.9 Å². The van der Waals surface area contributed by atoms with Crippen LogP contribution in [0.4, 0.5) is 0 Å². The number of hydrogen-bond donors (Lipinski definition) is 2. The number of benzene rings is 1. The van der Waals surface area contributed by atoms with Gasteiger partial charge in [-0.25, -0.2) is 4.68 Å². The van der Waals surface area contributed by atoms with Crippen molar-refractivity contribution in [2.45, 2.75) is 19.5 Å². The van der Waals surface area contributed by atoms with E-state index in [1.165, 1.54) is 4.68 Å². The van der Waals surface area contributed by atoms with Gasteiger partial charge in [0, 0.05) is 10.5 Å². The normalized spacial score (nSPS) is 12.0. The second-order valence-corrected chi connectivity index (χ2v) is 5.34. The van der Waals surface area contributed by atoms with Crippen molar-refractivity contribution in [1.29, 1.82) is 0 Å². The maximum atomic E-state index is 12.0. The van der Waals surface area contributed by atoms with Crippen LogP contribution in [0.1, 0.15) is 29.0 Å². The first-order valence-electron chi connectivity index (χ1n) is 6.21. The Morgan fingerprint density at radius 3 is 2.76 bits per heavy atom. The molecule has 8 heteroatoms. The number of carbonyl (C=O) groups excluding carboxylic acids is 2. The van der Waals surface area contributed by atoms with Crippen LogP contribution in [0.25, 0.3) is 0 Å². The second kappa shape index (κ2) is 6.59. The van der Waals surface area contributed by atoms with Crippen LogP contribution in [0.3, 0.4) is 0 Å². The van der Waals surface area contributed by atoms with Crippen LogP contribution in [0.15, 0.2) is 34.9 Å². The lowest BCUT2D eigenvalue weighted by molar-refractivity contribution is -0.120. The monoisotopic (exact) mass is 351 g/mol. The molecule has 2 rings (SSSR count). The minimum Gasteiger partial charge on any atom is -0.323 e. The number of amides is 2. The quantitative estimate of drug-likeness (QED) is 0.855. The molecule has 3 N–H and O–H groups in total. The fourth-order valence-electron chi connectivity index (χ4n) is 1.63. The van der Waals surface area contributed by atoms with Crippen LogP contribution >= 0.6 is 15.9 Å². The summed E-state index contributed by atoms with van der Waals surface area (Å²) in [7, 11) is 0. The predicted molar refractivity (Wildman–Crippen MR) is 79.2 cm³/mol. The van der Waals surface area contributed by atoms with Gasteiger partial charge in [-0.05, 0) is 35.0 Å². The molecule has 0 fully saturated rings. The Labute approximate surface area is 129 Å². The van der Waals surface area contributed by atoms with Crippen molar-refractivity contribution in [2.75, 3.05) is 0 Å². The van der Waals surface area contributed by atoms with Gasteiger partial charge >= 0.3 is 0 Å². The van der Waals surface area contributed by atoms with Crippen LogP contribution in [0.5, 0.6) is 0 Å². The van der Waals surface area contributed by atoms with E-state index >= 15 is 0 Å². The van der Waals surface area contributed by atoms with Crippen LogP contribution in [0, 0.1) is 0 Å². The Hall–Kier alpha value is -2.06. The molecule has 0 aliphatic carbocycles. The zero-order chi connectivity index (χ0) is 15.4. The molecular weight excluding hydrogens is 338 g/mol. The molecule has 21 heavy (non-hydrogen) atoms. The predicted octanol–water partition coefficient (Wildman–Crippen LogP) is 1.02. The third-order valence-electron chi connectivity index (χ3n) is 2.70. The van der Waals surface area contributed by atoms with Gasteiger partial charge in [-0.15, -0.1) is 5.10 Å². The highest BCUT2D eigenvalue weighted by Gasteiger charge is 2.14. The highest BCUT2D eigenvalue weighted by molar-refractivity contribution is 9.10. The molecular formula is C13H14BrN5O2. The summed E-state index contributed by atoms with van der Waals surface area (Å²) in [6.07, 6.45) is 1.58. The number of aromatic nitrogens is 3. The lowest BCUT2D eigenvalue weighted by Crippen LogP contribution is -2.33. The van der Waals surface area contributed by atoms with Crippen molar-refractivity contribution in [3.8, 4) is 0 Å². The fraction of sp³-hybridized carbons (Fsp3) is 0.231. The third-order valence-corrected chi connectivity index (χ3v) is 3.39. The summed E-state index contributed by atoms with van der Waals surface area (Å²) in [6, 6.07) is 6.59. The molecule has 2 amide bonds. The molecule has 1 heterocycles. The SMILES string of the molecule is CC(N)c1cn(CC(=O)NC(=O)c2ccccc2Br)nn1. The Kier molecular flexibility index (Phi) is 4.81. The van der Waals surface area contributed by atoms with E-state index in [1.807, 2.05) is 0 Å². The smallest absolute Gasteiger partial charge is 0.259 e. The van der Waals surface area contributed by atoms with Gasteiger partial charge < -0.3 is 5.73 Å². The number of nitrogens with one attached hydrogen (secondary N) is 1. The molecule has 0 saturated heterocycles. The van der Waals surface area contributed by atoms with E-state index in [0.717, 1.165) is 0 Å². The van der Waals surface area contributed by atoms with Gasteiger partial charge in [0.25, 0.3) is 5.91 Å². The topological polar surface area (TPSA) is 103 Å². The summed E-state index contributed by atoms with van der Waals surface area (Å²) in [4.78, 5) is 23.8. The number of nitrogens with two attached hydrogens (primary N) is 1. The third kappa shape index (κ3) is 3.96. The van der Waals surface area contributed by atoms with Gasteiger partial charge in [0.15, 0.2) is 0 Å². The molecule has 0 bridgehead atoms. The molecule has 0 aliphatic heterocycles. The van der Waals surface area contributed by atoms with E-state index in [-0.39, 0.29) is 12.6 Å². The number of nitrogens with zero attached hydrogens (tertiary/aromatic N) is 3. The molecule has 1 aromatic heterocycles. The first-order chi connectivity index (χ1) is 9.97. The summed E-state index contributed by atoms with van der Waals surface area (Å²) < 4.78 is 1.96. The molecule has 1 unspecified atom stereocenters. The second-order valence-electron chi connectivity index (χ2n) is 4.49. The standard InChI is InChI=1S/C13H14BrN5O2/c1-8(15)11-6-19(18-17-11)7-12(20)16-13(21)9-4-2-3-5-10(9)14/h2-6,8H,7,15H2,1H3,(H,16,20,21). The maximum absolute atomic E-state index is 12.0. The first-order valence-corrected chi connectivity index (χ1v) is 7.01. The lowest BCUT2D eigenvalue weighted by atomic mass is 10.2. The number of rotatable bonds is 4. The molecule has 2 aromatic rings. The fourth-order valence-corrected chi connectivity index (χ4v) is 2.09. The zero-order valence-electron chi connectivity index (χ0n) is 11.3. The van der Waals surface area contributed by atoms with Gasteiger partial charge in [0.1, 0.15) is 6.54 Å². The molecule has 0 aliphatic rings. The van der Waals surface area contributed by atoms with Gasteiger partial charge in [0.2, 0.25) is 5.91 Å². The first kappa shape index (κ1) is 15.3. The molecule has 0 saturated carbocycles. The minimum absolute atomic E-state index is 0.101. The summed E-state index contributed by atoms with van der Waals surface area (Å²) in [5.41, 5.74) is 6.63. The van der Waals surface area contributed by atoms with Gasteiger partial charge in [-0.2, -0.15) is 0 Å². The van der Waals surface area contributed by atoms with Crippen LogP contribution in [0.2, 0.25) is 0 Å². The van der Waals surface area contributed by atoms with E-state index < -0.39 is 11.8 Å². The molecule has 110 valence electrons. The van der Waals surface area contributed by atoms with Gasteiger partial charge in [-0.1, -0.05) is 17.3 Å². The highest BCUT2D eigenvalue weighted by Crippen LogP contribution is 2.15. The van der Waals surface area contributed by atoms with Crippen molar-refractivity contribution >= 4 is 27.7 Å².